The first kappa shape index (κ1) is 9.92. The van der Waals surface area contributed by atoms with Gasteiger partial charge in [-0.1, -0.05) is 13.3 Å². The first-order valence-electron chi connectivity index (χ1n) is 4.44. The van der Waals surface area contributed by atoms with Crippen LogP contribution in [0.25, 0.3) is 0 Å². The summed E-state index contributed by atoms with van der Waals surface area (Å²) in [6, 6.07) is -0.0756. The molecule has 0 bridgehead atoms. The Balaban J connectivity index is 2.46. The van der Waals surface area contributed by atoms with Crippen molar-refractivity contribution in [3.05, 3.63) is 0 Å². The third-order valence-corrected chi connectivity index (χ3v) is 2.35. The summed E-state index contributed by atoms with van der Waals surface area (Å²) in [4.78, 5) is 0. The van der Waals surface area contributed by atoms with Crippen LogP contribution in [-0.2, 0) is 0 Å². The van der Waals surface area contributed by atoms with Crippen LogP contribution < -0.4 is 5.32 Å². The summed E-state index contributed by atoms with van der Waals surface area (Å²) in [5.74, 6) is 0. The number of nitrogens with one attached hydrogen (secondary N) is 1. The summed E-state index contributed by atoms with van der Waals surface area (Å²) in [5.41, 5.74) is 0. The maximum Gasteiger partial charge on any atom is 0.108 e. The molecule has 1 aliphatic heterocycles. The highest BCUT2D eigenvalue weighted by Crippen LogP contribution is 2.13. The number of aliphatic hydroxyl groups excluding tert-OH is 3. The minimum Gasteiger partial charge on any atom is -0.389 e. The normalized spacial score (nSPS) is 43.0. The van der Waals surface area contributed by atoms with Crippen molar-refractivity contribution < 1.29 is 15.3 Å². The lowest BCUT2D eigenvalue weighted by atomic mass is 9.93. The van der Waals surface area contributed by atoms with Gasteiger partial charge in [0.05, 0.1) is 12.2 Å². The maximum atomic E-state index is 9.47. The molecule has 0 saturated carbocycles. The molecule has 0 aromatic carbocycles. The molecule has 0 aromatic rings. The number of rotatable bonds is 2. The highest BCUT2D eigenvalue weighted by atomic mass is 16.4. The number of piperidine rings is 1. The van der Waals surface area contributed by atoms with Crippen LogP contribution in [0.1, 0.15) is 19.8 Å². The Bertz CT molecular complexity index is 142. The maximum absolute atomic E-state index is 9.47. The van der Waals surface area contributed by atoms with Gasteiger partial charge in [0.25, 0.3) is 0 Å². The van der Waals surface area contributed by atoms with Crippen molar-refractivity contribution in [1.29, 1.82) is 0 Å². The second-order valence-electron chi connectivity index (χ2n) is 3.35. The van der Waals surface area contributed by atoms with Crippen molar-refractivity contribution in [1.82, 2.24) is 5.32 Å². The monoisotopic (exact) mass is 175 g/mol. The fourth-order valence-corrected chi connectivity index (χ4v) is 1.56. The summed E-state index contributed by atoms with van der Waals surface area (Å²) < 4.78 is 0. The first-order valence-corrected chi connectivity index (χ1v) is 4.44. The molecule has 4 heteroatoms. The predicted octanol–water partition coefficient (Wildman–Crippen LogP) is -1.16. The fraction of sp³-hybridized carbons (Fsp3) is 1.00. The molecule has 1 aliphatic rings. The van der Waals surface area contributed by atoms with E-state index in [1.807, 2.05) is 6.92 Å². The average Bonchev–Trinajstić information content (AvgIpc) is 2.07. The Morgan fingerprint density at radius 3 is 2.50 bits per heavy atom. The second kappa shape index (κ2) is 4.18. The zero-order valence-electron chi connectivity index (χ0n) is 7.27. The number of aliphatic hydroxyl groups is 3. The van der Waals surface area contributed by atoms with E-state index >= 15 is 0 Å². The molecular formula is C8H17NO3. The van der Waals surface area contributed by atoms with Crippen LogP contribution >= 0.6 is 0 Å². The standard InChI is InChI=1S/C8H17NO3/c1-2-3-5-7(11)8(12)6(10)4-9-5/h5-12H,2-4H2,1H3/t5-,6+,7+,8-/m0/s1. The molecule has 1 heterocycles. The molecule has 1 saturated heterocycles. The molecule has 0 aliphatic carbocycles. The van der Waals surface area contributed by atoms with Crippen molar-refractivity contribution in [3.63, 3.8) is 0 Å². The molecule has 0 aromatic heterocycles. The summed E-state index contributed by atoms with van der Waals surface area (Å²) in [6.07, 6.45) is -0.896. The van der Waals surface area contributed by atoms with Crippen LogP contribution in [0.4, 0.5) is 0 Å². The molecule has 4 N–H and O–H groups in total. The first-order chi connectivity index (χ1) is 5.66. The van der Waals surface area contributed by atoms with E-state index in [-0.39, 0.29) is 6.04 Å². The van der Waals surface area contributed by atoms with Gasteiger partial charge in [-0.15, -0.1) is 0 Å². The SMILES string of the molecule is CCC[C@@H]1NC[C@@H](O)[C@H](O)[C@@H]1O. The lowest BCUT2D eigenvalue weighted by molar-refractivity contribution is -0.0950. The van der Waals surface area contributed by atoms with Crippen LogP contribution in [0.15, 0.2) is 0 Å². The van der Waals surface area contributed by atoms with Gasteiger partial charge < -0.3 is 20.6 Å². The molecule has 0 amide bonds. The van der Waals surface area contributed by atoms with E-state index in [0.29, 0.717) is 6.54 Å². The van der Waals surface area contributed by atoms with Crippen LogP contribution in [0.2, 0.25) is 0 Å². The average molecular weight is 175 g/mol. The lowest BCUT2D eigenvalue weighted by Gasteiger charge is -2.36. The zero-order chi connectivity index (χ0) is 9.14. The van der Waals surface area contributed by atoms with Gasteiger partial charge in [0.2, 0.25) is 0 Å². The Morgan fingerprint density at radius 1 is 1.25 bits per heavy atom. The van der Waals surface area contributed by atoms with E-state index in [4.69, 9.17) is 5.11 Å². The van der Waals surface area contributed by atoms with Gasteiger partial charge in [-0.3, -0.25) is 0 Å². The largest absolute Gasteiger partial charge is 0.389 e. The third kappa shape index (κ3) is 1.95. The molecule has 4 atom stereocenters. The summed E-state index contributed by atoms with van der Waals surface area (Å²) >= 11 is 0. The second-order valence-corrected chi connectivity index (χ2v) is 3.35. The molecule has 0 spiro atoms. The molecule has 1 rings (SSSR count). The van der Waals surface area contributed by atoms with Crippen LogP contribution in [0, 0.1) is 0 Å². The molecule has 72 valence electrons. The summed E-state index contributed by atoms with van der Waals surface area (Å²) in [7, 11) is 0. The summed E-state index contributed by atoms with van der Waals surface area (Å²) in [5, 5.41) is 30.9. The topological polar surface area (TPSA) is 72.7 Å². The quantitative estimate of drug-likeness (QED) is 0.427. The number of hydrogen-bond acceptors (Lipinski definition) is 4. The molecule has 4 nitrogen and oxygen atoms in total. The Kier molecular flexibility index (Phi) is 3.46. The minimum absolute atomic E-state index is 0.0756. The van der Waals surface area contributed by atoms with Crippen molar-refractivity contribution in [2.45, 2.75) is 44.1 Å². The van der Waals surface area contributed by atoms with Gasteiger partial charge in [0, 0.05) is 12.6 Å². The van der Waals surface area contributed by atoms with Gasteiger partial charge in [0.15, 0.2) is 0 Å². The molecule has 1 fully saturated rings. The Labute approximate surface area is 72.2 Å². The molecule has 0 radical (unpaired) electrons. The highest BCUT2D eigenvalue weighted by Gasteiger charge is 2.35. The van der Waals surface area contributed by atoms with Gasteiger partial charge >= 0.3 is 0 Å². The van der Waals surface area contributed by atoms with Crippen molar-refractivity contribution >= 4 is 0 Å². The van der Waals surface area contributed by atoms with E-state index in [2.05, 4.69) is 5.32 Å². The minimum atomic E-state index is -0.997. The van der Waals surface area contributed by atoms with Crippen LogP contribution in [0.3, 0.4) is 0 Å². The van der Waals surface area contributed by atoms with E-state index in [1.54, 1.807) is 0 Å². The van der Waals surface area contributed by atoms with Crippen LogP contribution in [-0.4, -0.2) is 46.2 Å². The van der Waals surface area contributed by atoms with Gasteiger partial charge in [0.1, 0.15) is 6.10 Å². The van der Waals surface area contributed by atoms with Crippen molar-refractivity contribution in [3.8, 4) is 0 Å². The predicted molar refractivity (Wildman–Crippen MR) is 44.7 cm³/mol. The van der Waals surface area contributed by atoms with E-state index in [9.17, 15) is 10.2 Å². The van der Waals surface area contributed by atoms with Gasteiger partial charge in [-0.05, 0) is 6.42 Å². The molecular weight excluding hydrogens is 158 g/mol. The van der Waals surface area contributed by atoms with E-state index in [1.165, 1.54) is 0 Å². The lowest BCUT2D eigenvalue weighted by Crippen LogP contribution is -2.59. The number of hydrogen-bond donors (Lipinski definition) is 4. The van der Waals surface area contributed by atoms with E-state index < -0.39 is 18.3 Å². The van der Waals surface area contributed by atoms with E-state index in [0.717, 1.165) is 12.8 Å². The van der Waals surface area contributed by atoms with Gasteiger partial charge in [-0.25, -0.2) is 0 Å². The third-order valence-electron chi connectivity index (χ3n) is 2.35. The smallest absolute Gasteiger partial charge is 0.108 e. The van der Waals surface area contributed by atoms with Gasteiger partial charge in [-0.2, -0.15) is 0 Å². The fourth-order valence-electron chi connectivity index (χ4n) is 1.56. The van der Waals surface area contributed by atoms with Crippen molar-refractivity contribution in [2.75, 3.05) is 6.54 Å². The molecule has 12 heavy (non-hydrogen) atoms. The summed E-state index contributed by atoms with van der Waals surface area (Å²) in [6.45, 7) is 2.38. The van der Waals surface area contributed by atoms with Crippen LogP contribution in [0.5, 0.6) is 0 Å². The van der Waals surface area contributed by atoms with Crippen molar-refractivity contribution in [2.24, 2.45) is 0 Å². The Hall–Kier alpha value is -0.160. The number of β-amino-alcohol motifs (C(OH)–C–C–N with tert-alkyl or cyclic N) is 1. The molecule has 0 unspecified atom stereocenters. The highest BCUT2D eigenvalue weighted by molar-refractivity contribution is 4.91. The Morgan fingerprint density at radius 2 is 1.92 bits per heavy atom. The zero-order valence-corrected chi connectivity index (χ0v) is 7.27.